The molecule has 0 aliphatic heterocycles. The van der Waals surface area contributed by atoms with Crippen LogP contribution >= 0.6 is 0 Å². The first kappa shape index (κ1) is 12.9. The number of ether oxygens (including phenoxy) is 1. The fourth-order valence-electron chi connectivity index (χ4n) is 2.08. The molecule has 0 spiro atoms. The van der Waals surface area contributed by atoms with Gasteiger partial charge in [-0.05, 0) is 29.1 Å². The van der Waals surface area contributed by atoms with Crippen LogP contribution in [0.4, 0.5) is 0 Å². The summed E-state index contributed by atoms with van der Waals surface area (Å²) in [5.74, 6) is 0.874. The van der Waals surface area contributed by atoms with Crippen molar-refractivity contribution in [1.29, 1.82) is 0 Å². The van der Waals surface area contributed by atoms with Crippen LogP contribution in [0.3, 0.4) is 0 Å². The van der Waals surface area contributed by atoms with E-state index in [4.69, 9.17) is 9.16 Å². The average Bonchev–Trinajstić information content (AvgIpc) is 2.47. The first-order valence-corrected chi connectivity index (χ1v) is 8.37. The Hall–Kier alpha value is -1.58. The second kappa shape index (κ2) is 5.37. The molecule has 0 heterocycles. The zero-order valence-electron chi connectivity index (χ0n) is 11.0. The van der Waals surface area contributed by atoms with Gasteiger partial charge in [0.2, 0.25) is 0 Å². The topological polar surface area (TPSA) is 18.5 Å². The molecule has 2 rings (SSSR count). The van der Waals surface area contributed by atoms with Gasteiger partial charge < -0.3 is 9.16 Å². The zero-order valence-corrected chi connectivity index (χ0v) is 12.0. The molecule has 0 N–H and O–H groups in total. The number of rotatable bonds is 4. The van der Waals surface area contributed by atoms with Crippen molar-refractivity contribution in [2.24, 2.45) is 0 Å². The van der Waals surface area contributed by atoms with Crippen LogP contribution in [0, 0.1) is 0 Å². The van der Waals surface area contributed by atoms with E-state index >= 15 is 0 Å². The number of hydrogen-bond acceptors (Lipinski definition) is 2. The van der Waals surface area contributed by atoms with E-state index in [1.807, 2.05) is 18.2 Å². The van der Waals surface area contributed by atoms with E-state index in [9.17, 15) is 0 Å². The molecule has 0 aliphatic carbocycles. The van der Waals surface area contributed by atoms with Gasteiger partial charge in [0.25, 0.3) is 8.32 Å². The van der Waals surface area contributed by atoms with Crippen LogP contribution < -0.4 is 15.1 Å². The van der Waals surface area contributed by atoms with E-state index in [0.717, 1.165) is 5.75 Å². The molecule has 0 bridgehead atoms. The second-order valence-electron chi connectivity index (χ2n) is 4.34. The number of methoxy groups -OCH3 is 1. The van der Waals surface area contributed by atoms with Gasteiger partial charge in [-0.1, -0.05) is 42.5 Å². The number of benzene rings is 2. The summed E-state index contributed by atoms with van der Waals surface area (Å²) in [5, 5.41) is 2.48. The molecule has 3 heteroatoms. The average molecular weight is 258 g/mol. The molecule has 2 aromatic carbocycles. The normalized spacial score (nSPS) is 13.9. The molecule has 0 aliphatic rings. The predicted octanol–water partition coefficient (Wildman–Crippen LogP) is 2.03. The summed E-state index contributed by atoms with van der Waals surface area (Å²) in [4.78, 5) is 0. The third-order valence-corrected chi connectivity index (χ3v) is 7.02. The van der Waals surface area contributed by atoms with Crippen molar-refractivity contribution in [1.82, 2.24) is 0 Å². The van der Waals surface area contributed by atoms with Crippen molar-refractivity contribution < 1.29 is 9.16 Å². The molecular weight excluding hydrogens is 240 g/mol. The summed E-state index contributed by atoms with van der Waals surface area (Å²) in [6.45, 7) is 2.21. The van der Waals surface area contributed by atoms with E-state index in [1.54, 1.807) is 14.2 Å². The molecule has 94 valence electrons. The Kier molecular flexibility index (Phi) is 3.84. The summed E-state index contributed by atoms with van der Waals surface area (Å²) in [6.07, 6.45) is 0. The molecule has 2 nitrogen and oxygen atoms in total. The molecule has 1 unspecified atom stereocenters. The lowest BCUT2D eigenvalue weighted by atomic mass is 10.3. The van der Waals surface area contributed by atoms with Crippen molar-refractivity contribution in [3.63, 3.8) is 0 Å². The minimum atomic E-state index is -2.10. The van der Waals surface area contributed by atoms with Crippen LogP contribution in [-0.4, -0.2) is 22.5 Å². The smallest absolute Gasteiger partial charge is 0.252 e. The molecule has 0 amide bonds. The van der Waals surface area contributed by atoms with Gasteiger partial charge in [0, 0.05) is 7.11 Å². The Labute approximate surface area is 109 Å². The Morgan fingerprint density at radius 3 is 2.11 bits per heavy atom. The molecule has 0 saturated heterocycles. The van der Waals surface area contributed by atoms with Crippen molar-refractivity contribution >= 4 is 18.7 Å². The van der Waals surface area contributed by atoms with E-state index in [1.165, 1.54) is 10.4 Å². The summed E-state index contributed by atoms with van der Waals surface area (Å²) in [5.41, 5.74) is 0. The van der Waals surface area contributed by atoms with Gasteiger partial charge in [-0.15, -0.1) is 0 Å². The fraction of sp³-hybridized carbons (Fsp3) is 0.200. The van der Waals surface area contributed by atoms with Gasteiger partial charge >= 0.3 is 0 Å². The van der Waals surface area contributed by atoms with Gasteiger partial charge in [-0.3, -0.25) is 0 Å². The van der Waals surface area contributed by atoms with Gasteiger partial charge in [-0.25, -0.2) is 0 Å². The van der Waals surface area contributed by atoms with E-state index in [0.29, 0.717) is 0 Å². The van der Waals surface area contributed by atoms with Crippen molar-refractivity contribution in [2.45, 2.75) is 6.55 Å². The van der Waals surface area contributed by atoms with Crippen LogP contribution in [0.25, 0.3) is 0 Å². The SMILES string of the molecule is COc1cccc([Si](C)(OC)c2ccccc2)c1. The fourth-order valence-corrected chi connectivity index (χ4v) is 4.54. The van der Waals surface area contributed by atoms with Gasteiger partial charge in [0.1, 0.15) is 5.75 Å². The Morgan fingerprint density at radius 2 is 1.50 bits per heavy atom. The lowest BCUT2D eigenvalue weighted by Crippen LogP contribution is -2.57. The molecule has 0 saturated carbocycles. The maximum atomic E-state index is 5.89. The molecule has 1 atom stereocenters. The summed E-state index contributed by atoms with van der Waals surface area (Å²) in [6, 6.07) is 18.6. The standard InChI is InChI=1S/C15H18O2Si/c1-16-13-8-7-11-15(12-13)18(3,17-2)14-9-5-4-6-10-14/h4-12H,1-3H3. The molecule has 0 aromatic heterocycles. The van der Waals surface area contributed by atoms with Gasteiger partial charge in [0.05, 0.1) is 7.11 Å². The Bertz CT molecular complexity index is 513. The number of hydrogen-bond donors (Lipinski definition) is 0. The summed E-state index contributed by atoms with van der Waals surface area (Å²) in [7, 11) is 1.37. The van der Waals surface area contributed by atoms with Crippen LogP contribution in [0.5, 0.6) is 5.75 Å². The highest BCUT2D eigenvalue weighted by atomic mass is 28.4. The molecule has 0 radical (unpaired) electrons. The first-order valence-electron chi connectivity index (χ1n) is 5.96. The highest BCUT2D eigenvalue weighted by Crippen LogP contribution is 2.12. The van der Waals surface area contributed by atoms with Crippen molar-refractivity contribution in [2.75, 3.05) is 14.2 Å². The Morgan fingerprint density at radius 1 is 0.833 bits per heavy atom. The van der Waals surface area contributed by atoms with Gasteiger partial charge in [-0.2, -0.15) is 0 Å². The predicted molar refractivity (Wildman–Crippen MR) is 77.3 cm³/mol. The van der Waals surface area contributed by atoms with Crippen LogP contribution in [0.15, 0.2) is 54.6 Å². The molecule has 18 heavy (non-hydrogen) atoms. The van der Waals surface area contributed by atoms with E-state index in [2.05, 4.69) is 42.9 Å². The summed E-state index contributed by atoms with van der Waals surface area (Å²) >= 11 is 0. The molecular formula is C15H18O2Si. The quantitative estimate of drug-likeness (QED) is 0.781. The monoisotopic (exact) mass is 258 g/mol. The molecule has 0 fully saturated rings. The highest BCUT2D eigenvalue weighted by molar-refractivity contribution is 6.96. The third-order valence-electron chi connectivity index (χ3n) is 3.35. The largest absolute Gasteiger partial charge is 0.497 e. The summed E-state index contributed by atoms with van der Waals surface area (Å²) < 4.78 is 11.2. The van der Waals surface area contributed by atoms with Crippen molar-refractivity contribution in [3.05, 3.63) is 54.6 Å². The zero-order chi connectivity index (χ0) is 13.0. The Balaban J connectivity index is 2.49. The third kappa shape index (κ3) is 2.32. The van der Waals surface area contributed by atoms with Crippen LogP contribution in [0.2, 0.25) is 6.55 Å². The highest BCUT2D eigenvalue weighted by Gasteiger charge is 2.32. The van der Waals surface area contributed by atoms with E-state index in [-0.39, 0.29) is 0 Å². The first-order chi connectivity index (χ1) is 8.70. The van der Waals surface area contributed by atoms with Gasteiger partial charge in [0.15, 0.2) is 0 Å². The second-order valence-corrected chi connectivity index (χ2v) is 7.96. The minimum Gasteiger partial charge on any atom is -0.497 e. The lowest BCUT2D eigenvalue weighted by molar-refractivity contribution is 0.412. The lowest BCUT2D eigenvalue weighted by Gasteiger charge is -2.26. The maximum absolute atomic E-state index is 5.89. The van der Waals surface area contributed by atoms with Crippen LogP contribution in [-0.2, 0) is 4.43 Å². The van der Waals surface area contributed by atoms with Crippen LogP contribution in [0.1, 0.15) is 0 Å². The molecule has 2 aromatic rings. The van der Waals surface area contributed by atoms with Crippen molar-refractivity contribution in [3.8, 4) is 5.75 Å². The maximum Gasteiger partial charge on any atom is 0.252 e. The van der Waals surface area contributed by atoms with E-state index < -0.39 is 8.32 Å². The minimum absolute atomic E-state index is 0.874.